The smallest absolute Gasteiger partial charge is 0.251 e. The maximum absolute atomic E-state index is 12.9. The molecule has 32 heavy (non-hydrogen) atoms. The second-order valence-electron chi connectivity index (χ2n) is 8.36. The molecule has 1 saturated heterocycles. The molecule has 172 valence electrons. The fraction of sp³-hybridized carbons (Fsp3) is 0.480. The highest BCUT2D eigenvalue weighted by Crippen LogP contribution is 2.31. The van der Waals surface area contributed by atoms with Gasteiger partial charge in [-0.1, -0.05) is 12.1 Å². The van der Waals surface area contributed by atoms with Gasteiger partial charge < -0.3 is 24.4 Å². The molecule has 2 aliphatic heterocycles. The van der Waals surface area contributed by atoms with Crippen molar-refractivity contribution in [2.45, 2.75) is 18.9 Å². The number of methoxy groups -OCH3 is 2. The van der Waals surface area contributed by atoms with Crippen LogP contribution in [0.15, 0.2) is 36.4 Å². The molecule has 0 saturated carbocycles. The number of hydrogen-bond acceptors (Lipinski definition) is 6. The van der Waals surface area contributed by atoms with Crippen LogP contribution >= 0.6 is 0 Å². The molecule has 0 radical (unpaired) electrons. The van der Waals surface area contributed by atoms with Gasteiger partial charge in [0.1, 0.15) is 0 Å². The summed E-state index contributed by atoms with van der Waals surface area (Å²) in [6.45, 7) is 4.77. The van der Waals surface area contributed by atoms with Gasteiger partial charge in [-0.15, -0.1) is 0 Å². The molecule has 0 aromatic heterocycles. The molecule has 0 spiro atoms. The zero-order chi connectivity index (χ0) is 22.5. The summed E-state index contributed by atoms with van der Waals surface area (Å²) in [6, 6.07) is 12.1. The molecular formula is C25H33N3O4. The minimum absolute atomic E-state index is 0.0977. The van der Waals surface area contributed by atoms with E-state index >= 15 is 0 Å². The van der Waals surface area contributed by atoms with Crippen LogP contribution in [-0.2, 0) is 11.2 Å². The molecular weight excluding hydrogens is 406 g/mol. The van der Waals surface area contributed by atoms with Crippen LogP contribution in [0.1, 0.15) is 33.9 Å². The van der Waals surface area contributed by atoms with Gasteiger partial charge in [0.05, 0.1) is 33.5 Å². The van der Waals surface area contributed by atoms with E-state index < -0.39 is 0 Å². The fourth-order valence-electron chi connectivity index (χ4n) is 4.63. The van der Waals surface area contributed by atoms with E-state index in [1.54, 1.807) is 32.4 Å². The van der Waals surface area contributed by atoms with E-state index in [0.717, 1.165) is 26.1 Å². The third kappa shape index (κ3) is 4.84. The Morgan fingerprint density at radius 2 is 1.84 bits per heavy atom. The number of morpholine rings is 1. The van der Waals surface area contributed by atoms with Crippen molar-refractivity contribution in [1.82, 2.24) is 10.2 Å². The van der Waals surface area contributed by atoms with E-state index in [4.69, 9.17) is 14.2 Å². The van der Waals surface area contributed by atoms with E-state index in [9.17, 15) is 4.79 Å². The van der Waals surface area contributed by atoms with Gasteiger partial charge in [-0.25, -0.2) is 0 Å². The zero-order valence-corrected chi connectivity index (χ0v) is 19.2. The summed E-state index contributed by atoms with van der Waals surface area (Å²) in [7, 11) is 5.31. The first-order valence-corrected chi connectivity index (χ1v) is 11.3. The van der Waals surface area contributed by atoms with Crippen LogP contribution in [0.3, 0.4) is 0 Å². The van der Waals surface area contributed by atoms with E-state index in [2.05, 4.69) is 40.4 Å². The normalized spacial score (nSPS) is 17.4. The number of nitrogens with zero attached hydrogens (tertiary/aromatic N) is 2. The van der Waals surface area contributed by atoms with Gasteiger partial charge in [0.25, 0.3) is 5.91 Å². The maximum atomic E-state index is 12.9. The number of amides is 1. The van der Waals surface area contributed by atoms with Crippen LogP contribution in [0.5, 0.6) is 11.5 Å². The summed E-state index contributed by atoms with van der Waals surface area (Å²) in [6.07, 6.45) is 2.27. The number of carbonyl (C=O) groups excluding carboxylic acids is 1. The number of fused-ring (bicyclic) bond motifs is 1. The third-order valence-electron chi connectivity index (χ3n) is 6.43. The summed E-state index contributed by atoms with van der Waals surface area (Å²) in [4.78, 5) is 17.7. The average molecular weight is 440 g/mol. The van der Waals surface area contributed by atoms with Gasteiger partial charge in [-0.2, -0.15) is 0 Å². The molecule has 1 atom stereocenters. The van der Waals surface area contributed by atoms with Gasteiger partial charge in [-0.05, 0) is 48.2 Å². The second kappa shape index (κ2) is 10.2. The zero-order valence-electron chi connectivity index (χ0n) is 19.2. The largest absolute Gasteiger partial charge is 0.493 e. The first-order valence-electron chi connectivity index (χ1n) is 11.3. The van der Waals surface area contributed by atoms with Crippen molar-refractivity contribution in [3.63, 3.8) is 0 Å². The van der Waals surface area contributed by atoms with Crippen molar-refractivity contribution in [1.29, 1.82) is 0 Å². The van der Waals surface area contributed by atoms with Crippen molar-refractivity contribution in [2.75, 3.05) is 65.6 Å². The lowest BCUT2D eigenvalue weighted by atomic mass is 9.95. The molecule has 2 heterocycles. The Labute approximate surface area is 190 Å². The molecule has 1 N–H and O–H groups in total. The van der Waals surface area contributed by atoms with Crippen LogP contribution in [0, 0.1) is 0 Å². The van der Waals surface area contributed by atoms with Crippen molar-refractivity contribution < 1.29 is 19.0 Å². The van der Waals surface area contributed by atoms with E-state index in [1.807, 2.05) is 0 Å². The standard InChI is InChI=1S/C25H33N3O4/c1-27-10-4-5-18-15-19(6-8-21(18)27)22(28-11-13-32-14-12-28)17-26-25(29)20-7-9-23(30-2)24(16-20)31-3/h6-9,15-16,22H,4-5,10-14,17H2,1-3H3,(H,26,29). The number of anilines is 1. The van der Waals surface area contributed by atoms with Crippen molar-refractivity contribution in [2.24, 2.45) is 0 Å². The monoisotopic (exact) mass is 439 g/mol. The summed E-state index contributed by atoms with van der Waals surface area (Å²) < 4.78 is 16.2. The number of carbonyl (C=O) groups is 1. The number of hydrogen-bond donors (Lipinski definition) is 1. The second-order valence-corrected chi connectivity index (χ2v) is 8.36. The Hall–Kier alpha value is -2.77. The quantitative estimate of drug-likeness (QED) is 0.716. The fourth-order valence-corrected chi connectivity index (χ4v) is 4.63. The minimum atomic E-state index is -0.123. The average Bonchev–Trinajstić information content (AvgIpc) is 2.84. The Balaban J connectivity index is 1.53. The van der Waals surface area contributed by atoms with Gasteiger partial charge in [-0.3, -0.25) is 9.69 Å². The highest BCUT2D eigenvalue weighted by molar-refractivity contribution is 5.94. The molecule has 1 fully saturated rings. The lowest BCUT2D eigenvalue weighted by Crippen LogP contribution is -2.44. The highest BCUT2D eigenvalue weighted by atomic mass is 16.5. The number of rotatable bonds is 7. The lowest BCUT2D eigenvalue weighted by molar-refractivity contribution is 0.0162. The van der Waals surface area contributed by atoms with Gasteiger partial charge in [0.15, 0.2) is 11.5 Å². The number of aryl methyl sites for hydroxylation is 1. The van der Waals surface area contributed by atoms with Gasteiger partial charge in [0, 0.05) is 44.5 Å². The maximum Gasteiger partial charge on any atom is 0.251 e. The molecule has 1 unspecified atom stereocenters. The SMILES string of the molecule is COc1ccc(C(=O)NCC(c2ccc3c(c2)CCCN3C)N2CCOCC2)cc1OC. The highest BCUT2D eigenvalue weighted by Gasteiger charge is 2.25. The molecule has 7 heteroatoms. The molecule has 0 aliphatic carbocycles. The predicted molar refractivity (Wildman–Crippen MR) is 125 cm³/mol. The van der Waals surface area contributed by atoms with Crippen LogP contribution < -0.4 is 19.7 Å². The Kier molecular flexibility index (Phi) is 7.17. The van der Waals surface area contributed by atoms with Crippen LogP contribution in [-0.4, -0.2) is 71.5 Å². The minimum Gasteiger partial charge on any atom is -0.493 e. The molecule has 2 aromatic carbocycles. The molecule has 2 aliphatic rings. The van der Waals surface area contributed by atoms with Crippen LogP contribution in [0.4, 0.5) is 5.69 Å². The number of ether oxygens (including phenoxy) is 3. The number of benzene rings is 2. The van der Waals surface area contributed by atoms with Gasteiger partial charge >= 0.3 is 0 Å². The molecule has 1 amide bonds. The molecule has 7 nitrogen and oxygen atoms in total. The Morgan fingerprint density at radius 3 is 2.59 bits per heavy atom. The van der Waals surface area contributed by atoms with Crippen molar-refractivity contribution in [3.8, 4) is 11.5 Å². The van der Waals surface area contributed by atoms with E-state index in [-0.39, 0.29) is 11.9 Å². The number of nitrogens with one attached hydrogen (secondary N) is 1. The molecule has 2 aromatic rings. The molecule has 4 rings (SSSR count). The summed E-state index contributed by atoms with van der Waals surface area (Å²) >= 11 is 0. The summed E-state index contributed by atoms with van der Waals surface area (Å²) in [5.74, 6) is 1.03. The summed E-state index contributed by atoms with van der Waals surface area (Å²) in [5.41, 5.74) is 4.50. The molecule has 0 bridgehead atoms. The van der Waals surface area contributed by atoms with Crippen molar-refractivity contribution in [3.05, 3.63) is 53.1 Å². The van der Waals surface area contributed by atoms with Crippen LogP contribution in [0.25, 0.3) is 0 Å². The van der Waals surface area contributed by atoms with Crippen LogP contribution in [0.2, 0.25) is 0 Å². The lowest BCUT2D eigenvalue weighted by Gasteiger charge is -2.36. The topological polar surface area (TPSA) is 63.3 Å². The first kappa shape index (κ1) is 22.4. The van der Waals surface area contributed by atoms with E-state index in [1.165, 1.54) is 23.2 Å². The Bertz CT molecular complexity index is 943. The first-order chi connectivity index (χ1) is 15.6. The van der Waals surface area contributed by atoms with E-state index in [0.29, 0.717) is 36.8 Å². The van der Waals surface area contributed by atoms with Crippen molar-refractivity contribution >= 4 is 11.6 Å². The Morgan fingerprint density at radius 1 is 1.06 bits per heavy atom. The predicted octanol–water partition coefficient (Wildman–Crippen LogP) is 2.89. The third-order valence-corrected chi connectivity index (χ3v) is 6.43. The summed E-state index contributed by atoms with van der Waals surface area (Å²) in [5, 5.41) is 3.14. The van der Waals surface area contributed by atoms with Gasteiger partial charge in [0.2, 0.25) is 0 Å².